The van der Waals surface area contributed by atoms with E-state index in [1.54, 1.807) is 0 Å². The van der Waals surface area contributed by atoms with E-state index in [4.69, 9.17) is 0 Å². The molecule has 0 amide bonds. The third-order valence-corrected chi connectivity index (χ3v) is 10.2. The Bertz CT molecular complexity index is 599. The van der Waals surface area contributed by atoms with Gasteiger partial charge in [-0.2, -0.15) is 0 Å². The van der Waals surface area contributed by atoms with Crippen molar-refractivity contribution in [3.05, 3.63) is 0 Å². The van der Waals surface area contributed by atoms with E-state index >= 15 is 0 Å². The number of hydrogen-bond acceptors (Lipinski definition) is 6. The highest BCUT2D eigenvalue weighted by molar-refractivity contribution is 5.04. The Kier molecular flexibility index (Phi) is 6.43. The summed E-state index contributed by atoms with van der Waals surface area (Å²) >= 11 is 0. The molecule has 0 aromatic rings. The molecule has 0 spiro atoms. The van der Waals surface area contributed by atoms with Crippen LogP contribution in [0.5, 0.6) is 0 Å². The molecule has 5 saturated heterocycles. The molecule has 0 N–H and O–H groups in total. The van der Waals surface area contributed by atoms with Gasteiger partial charge in [-0.05, 0) is 74.1 Å². The predicted molar refractivity (Wildman–Crippen MR) is 129 cm³/mol. The number of fused-ring (bicyclic) bond motifs is 4. The third-order valence-electron chi connectivity index (χ3n) is 10.2. The van der Waals surface area contributed by atoms with Gasteiger partial charge < -0.3 is 4.90 Å². The van der Waals surface area contributed by atoms with Crippen LogP contribution in [0.25, 0.3) is 0 Å². The second-order valence-electron chi connectivity index (χ2n) is 11.9. The van der Waals surface area contributed by atoms with E-state index in [1.165, 1.54) is 71.4 Å². The summed E-state index contributed by atoms with van der Waals surface area (Å²) in [7, 11) is 9.27. The van der Waals surface area contributed by atoms with Crippen LogP contribution >= 0.6 is 0 Å². The Hall–Kier alpha value is -0.240. The fourth-order valence-corrected chi connectivity index (χ4v) is 7.87. The molecule has 5 rings (SSSR count). The van der Waals surface area contributed by atoms with E-state index in [0.717, 1.165) is 30.2 Å². The van der Waals surface area contributed by atoms with Gasteiger partial charge in [-0.15, -0.1) is 0 Å². The molecule has 5 heterocycles. The van der Waals surface area contributed by atoms with Crippen molar-refractivity contribution in [1.82, 2.24) is 29.4 Å². The summed E-state index contributed by atoms with van der Waals surface area (Å²) in [6.45, 7) is 12.7. The smallest absolute Gasteiger partial charge is 0.0403 e. The van der Waals surface area contributed by atoms with Crippen molar-refractivity contribution in [2.24, 2.45) is 0 Å². The fraction of sp³-hybridized carbons (Fsp3) is 1.00. The van der Waals surface area contributed by atoms with Crippen molar-refractivity contribution < 1.29 is 0 Å². The van der Waals surface area contributed by atoms with Crippen molar-refractivity contribution in [3.8, 4) is 0 Å². The second kappa shape index (κ2) is 8.84. The summed E-state index contributed by atoms with van der Waals surface area (Å²) in [5.74, 6) is 0. The van der Waals surface area contributed by atoms with Crippen LogP contribution in [0.1, 0.15) is 46.0 Å². The van der Waals surface area contributed by atoms with Gasteiger partial charge in [0.05, 0.1) is 0 Å². The van der Waals surface area contributed by atoms with Crippen LogP contribution in [0, 0.1) is 0 Å². The minimum absolute atomic E-state index is 0.625. The van der Waals surface area contributed by atoms with Crippen LogP contribution in [0.15, 0.2) is 0 Å². The molecular weight excluding hydrogens is 384 g/mol. The molecule has 5 aliphatic heterocycles. The van der Waals surface area contributed by atoms with Gasteiger partial charge in [-0.3, -0.25) is 24.5 Å². The van der Waals surface area contributed by atoms with Crippen LogP contribution < -0.4 is 0 Å². The zero-order valence-electron chi connectivity index (χ0n) is 21.1. The Labute approximate surface area is 191 Å². The molecule has 6 nitrogen and oxygen atoms in total. The van der Waals surface area contributed by atoms with E-state index in [0.29, 0.717) is 18.1 Å². The van der Waals surface area contributed by atoms with E-state index in [9.17, 15) is 0 Å². The van der Waals surface area contributed by atoms with E-state index < -0.39 is 0 Å². The average molecular weight is 433 g/mol. The number of likely N-dealkylation sites (N-methyl/N-ethyl adjacent to an activating group) is 3. The monoisotopic (exact) mass is 432 g/mol. The zero-order valence-corrected chi connectivity index (χ0v) is 21.1. The number of rotatable bonds is 6. The molecule has 31 heavy (non-hydrogen) atoms. The van der Waals surface area contributed by atoms with Crippen LogP contribution in [-0.2, 0) is 0 Å². The first-order valence-corrected chi connectivity index (χ1v) is 13.2. The van der Waals surface area contributed by atoms with Crippen LogP contribution in [0.3, 0.4) is 0 Å². The maximum atomic E-state index is 2.95. The van der Waals surface area contributed by atoms with E-state index in [1.807, 2.05) is 0 Å². The van der Waals surface area contributed by atoms with Gasteiger partial charge in [0.2, 0.25) is 0 Å². The molecule has 6 heteroatoms. The van der Waals surface area contributed by atoms with Crippen molar-refractivity contribution in [1.29, 1.82) is 0 Å². The van der Waals surface area contributed by atoms with Gasteiger partial charge in [0.25, 0.3) is 0 Å². The van der Waals surface area contributed by atoms with Crippen molar-refractivity contribution in [3.63, 3.8) is 0 Å². The summed E-state index contributed by atoms with van der Waals surface area (Å²) in [4.78, 5) is 16.5. The summed E-state index contributed by atoms with van der Waals surface area (Å²) < 4.78 is 0. The lowest BCUT2D eigenvalue weighted by atomic mass is 9.94. The lowest BCUT2D eigenvalue weighted by Gasteiger charge is -2.52. The van der Waals surface area contributed by atoms with E-state index in [2.05, 4.69) is 71.4 Å². The number of nitrogens with zero attached hydrogens (tertiary/aromatic N) is 6. The predicted octanol–water partition coefficient (Wildman–Crippen LogP) is 1.32. The number of hydrogen-bond donors (Lipinski definition) is 0. The van der Waals surface area contributed by atoms with E-state index in [-0.39, 0.29) is 0 Å². The molecule has 0 radical (unpaired) electrons. The molecular formula is C25H48N6. The fourth-order valence-electron chi connectivity index (χ4n) is 7.87. The molecule has 8 atom stereocenters. The zero-order chi connectivity index (χ0) is 21.9. The molecule has 0 aromatic heterocycles. The van der Waals surface area contributed by atoms with Gasteiger partial charge in [0.15, 0.2) is 0 Å². The Balaban J connectivity index is 1.35. The van der Waals surface area contributed by atoms with Gasteiger partial charge >= 0.3 is 0 Å². The molecule has 0 aromatic carbocycles. The summed E-state index contributed by atoms with van der Waals surface area (Å²) in [6, 6.07) is 5.74. The molecule has 178 valence electrons. The molecule has 0 aliphatic carbocycles. The quantitative estimate of drug-likeness (QED) is 0.626. The third kappa shape index (κ3) is 4.10. The average Bonchev–Trinajstić information content (AvgIpc) is 3.34. The highest BCUT2D eigenvalue weighted by Gasteiger charge is 2.47. The van der Waals surface area contributed by atoms with Crippen LogP contribution in [-0.4, -0.2) is 145 Å². The number of likely N-dealkylation sites (tertiary alicyclic amines) is 3. The molecule has 5 aliphatic rings. The van der Waals surface area contributed by atoms with Gasteiger partial charge in [0, 0.05) is 87.6 Å². The highest BCUT2D eigenvalue weighted by Crippen LogP contribution is 2.35. The lowest BCUT2D eigenvalue weighted by Crippen LogP contribution is -2.66. The van der Waals surface area contributed by atoms with Crippen LogP contribution in [0.4, 0.5) is 0 Å². The van der Waals surface area contributed by atoms with Crippen molar-refractivity contribution in [2.75, 3.05) is 67.5 Å². The maximum Gasteiger partial charge on any atom is 0.0403 e. The Morgan fingerprint density at radius 2 is 1.06 bits per heavy atom. The molecule has 5 unspecified atom stereocenters. The summed E-state index contributed by atoms with van der Waals surface area (Å²) in [6.07, 6.45) is 6.93. The van der Waals surface area contributed by atoms with Gasteiger partial charge in [0.1, 0.15) is 0 Å². The largest absolute Gasteiger partial charge is 0.305 e. The van der Waals surface area contributed by atoms with Crippen LogP contribution in [0.2, 0.25) is 0 Å². The topological polar surface area (TPSA) is 19.4 Å². The molecule has 0 saturated carbocycles. The standard InChI is InChI=1S/C25H48N6/c1-18(29-12-11-20(13-29)26(3)4)25(31-16-23-9-10-24(17-31)28(23)6)19(2)30-14-21-7-8-22(15-30)27(21)5/h18-25H,7-17H2,1-6H3/t18-,19+,20?,21?,22?,23?,24?,25-/m1/s1. The minimum Gasteiger partial charge on any atom is -0.305 e. The first-order chi connectivity index (χ1) is 14.8. The molecule has 5 fully saturated rings. The van der Waals surface area contributed by atoms with Crippen molar-refractivity contribution >= 4 is 0 Å². The van der Waals surface area contributed by atoms with Gasteiger partial charge in [-0.1, -0.05) is 0 Å². The lowest BCUT2D eigenvalue weighted by molar-refractivity contribution is -0.0310. The summed E-state index contributed by atoms with van der Waals surface area (Å²) in [5, 5.41) is 0. The van der Waals surface area contributed by atoms with Gasteiger partial charge in [-0.25, -0.2) is 0 Å². The normalized spacial score (nSPS) is 41.3. The SMILES string of the molecule is C[C@H]([C@H]([C@H](C)N1CC2CCC(C1)N2C)N1CC2CCC(C1)N2C)N1CCC(N(C)C)C1. The van der Waals surface area contributed by atoms with Crippen molar-refractivity contribution in [2.45, 2.75) is 94.3 Å². The Morgan fingerprint density at radius 1 is 0.613 bits per heavy atom. The number of piperazine rings is 2. The minimum atomic E-state index is 0.625. The first kappa shape index (κ1) is 22.5. The highest BCUT2D eigenvalue weighted by atomic mass is 15.4. The first-order valence-electron chi connectivity index (χ1n) is 13.2. The Morgan fingerprint density at radius 3 is 1.52 bits per heavy atom. The second-order valence-corrected chi connectivity index (χ2v) is 11.9. The maximum absolute atomic E-state index is 2.95. The summed E-state index contributed by atoms with van der Waals surface area (Å²) in [5.41, 5.74) is 0. The molecule has 4 bridgehead atoms.